The van der Waals surface area contributed by atoms with E-state index in [0.717, 1.165) is 12.3 Å². The molecule has 0 heterocycles. The zero-order chi connectivity index (χ0) is 17.6. The van der Waals surface area contributed by atoms with Gasteiger partial charge in [0.05, 0.1) is 7.11 Å². The maximum absolute atomic E-state index is 9.81. The smallest absolute Gasteiger partial charge is 0.118 e. The van der Waals surface area contributed by atoms with E-state index in [1.807, 2.05) is 30.3 Å². The molecule has 0 saturated heterocycles. The molecule has 0 aliphatic rings. The summed E-state index contributed by atoms with van der Waals surface area (Å²) in [5.74, 6) is 1.25. The first-order valence-electron chi connectivity index (χ1n) is 8.51. The highest BCUT2D eigenvalue weighted by molar-refractivity contribution is 5.29. The fraction of sp³-hybridized carbons (Fsp3) is 0.429. The number of aliphatic hydroxyl groups excluding tert-OH is 1. The Labute approximate surface area is 145 Å². The Morgan fingerprint density at radius 2 is 1.62 bits per heavy atom. The number of rotatable bonds is 8. The van der Waals surface area contributed by atoms with Gasteiger partial charge in [-0.3, -0.25) is 0 Å². The molecule has 0 aliphatic heterocycles. The molecule has 24 heavy (non-hydrogen) atoms. The van der Waals surface area contributed by atoms with Crippen LogP contribution >= 0.6 is 0 Å². The van der Waals surface area contributed by atoms with E-state index in [4.69, 9.17) is 4.74 Å². The van der Waals surface area contributed by atoms with Gasteiger partial charge in [0.25, 0.3) is 0 Å². The average Bonchev–Trinajstić information content (AvgIpc) is 2.62. The molecule has 0 fully saturated rings. The molecule has 0 aliphatic carbocycles. The van der Waals surface area contributed by atoms with Gasteiger partial charge in [0.15, 0.2) is 0 Å². The summed E-state index contributed by atoms with van der Waals surface area (Å²) >= 11 is 0. The van der Waals surface area contributed by atoms with E-state index in [0.29, 0.717) is 5.92 Å². The van der Waals surface area contributed by atoms with Crippen molar-refractivity contribution in [2.75, 3.05) is 20.3 Å². The van der Waals surface area contributed by atoms with Crippen LogP contribution in [0.25, 0.3) is 0 Å². The van der Waals surface area contributed by atoms with Gasteiger partial charge in [-0.1, -0.05) is 63.2 Å². The Morgan fingerprint density at radius 1 is 1.00 bits per heavy atom. The van der Waals surface area contributed by atoms with Crippen LogP contribution in [0.1, 0.15) is 43.9 Å². The van der Waals surface area contributed by atoms with Crippen LogP contribution in [0.4, 0.5) is 0 Å². The first kappa shape index (κ1) is 18.5. The van der Waals surface area contributed by atoms with Gasteiger partial charge in [0.1, 0.15) is 5.75 Å². The van der Waals surface area contributed by atoms with E-state index < -0.39 is 0 Å². The molecular weight excluding hydrogens is 298 g/mol. The molecule has 2 aromatic carbocycles. The number of aliphatic hydroxyl groups is 1. The van der Waals surface area contributed by atoms with Gasteiger partial charge in [0.2, 0.25) is 0 Å². The van der Waals surface area contributed by atoms with E-state index in [1.54, 1.807) is 7.11 Å². The first-order chi connectivity index (χ1) is 11.5. The fourth-order valence-corrected chi connectivity index (χ4v) is 2.93. The number of benzene rings is 2. The van der Waals surface area contributed by atoms with Crippen molar-refractivity contribution in [2.45, 2.75) is 32.7 Å². The monoisotopic (exact) mass is 327 g/mol. The summed E-state index contributed by atoms with van der Waals surface area (Å²) in [4.78, 5) is 0. The van der Waals surface area contributed by atoms with Crippen molar-refractivity contribution in [2.24, 2.45) is 5.41 Å². The van der Waals surface area contributed by atoms with Crippen LogP contribution < -0.4 is 10.1 Å². The molecule has 2 aromatic rings. The maximum atomic E-state index is 9.81. The minimum atomic E-state index is -0.235. The van der Waals surface area contributed by atoms with E-state index >= 15 is 0 Å². The summed E-state index contributed by atoms with van der Waals surface area (Å²) in [6.45, 7) is 7.38. The molecule has 0 unspecified atom stereocenters. The third kappa shape index (κ3) is 4.59. The molecular formula is C21H29NO2. The van der Waals surface area contributed by atoms with Crippen molar-refractivity contribution in [3.05, 3.63) is 65.7 Å². The molecule has 0 saturated carbocycles. The second-order valence-electron chi connectivity index (χ2n) is 7.07. The second-order valence-corrected chi connectivity index (χ2v) is 7.07. The van der Waals surface area contributed by atoms with E-state index in [9.17, 15) is 5.11 Å². The molecule has 130 valence electrons. The molecule has 0 amide bonds. The summed E-state index contributed by atoms with van der Waals surface area (Å²) in [6.07, 6.45) is 0. The van der Waals surface area contributed by atoms with Gasteiger partial charge in [-0.2, -0.15) is 0 Å². The van der Waals surface area contributed by atoms with Crippen LogP contribution in [0.5, 0.6) is 5.75 Å². The van der Waals surface area contributed by atoms with Gasteiger partial charge in [-0.25, -0.2) is 0 Å². The summed E-state index contributed by atoms with van der Waals surface area (Å²) in [6, 6.07) is 18.7. The van der Waals surface area contributed by atoms with Crippen molar-refractivity contribution in [3.8, 4) is 5.75 Å². The lowest BCUT2D eigenvalue weighted by Gasteiger charge is -2.35. The van der Waals surface area contributed by atoms with E-state index in [-0.39, 0.29) is 18.1 Å². The third-order valence-corrected chi connectivity index (χ3v) is 4.63. The lowest BCUT2D eigenvalue weighted by Crippen LogP contribution is -2.38. The topological polar surface area (TPSA) is 41.5 Å². The lowest BCUT2D eigenvalue weighted by molar-refractivity contribution is 0.115. The molecule has 3 heteroatoms. The second kappa shape index (κ2) is 8.32. The van der Waals surface area contributed by atoms with Crippen molar-refractivity contribution in [1.82, 2.24) is 5.32 Å². The summed E-state index contributed by atoms with van der Waals surface area (Å²) in [5, 5.41) is 13.5. The predicted molar refractivity (Wildman–Crippen MR) is 99.5 cm³/mol. The number of ether oxygens (including phenoxy) is 1. The molecule has 0 aromatic heterocycles. The normalized spacial score (nSPS) is 14.2. The van der Waals surface area contributed by atoms with Gasteiger partial charge in [0, 0.05) is 24.6 Å². The van der Waals surface area contributed by atoms with E-state index in [1.165, 1.54) is 11.1 Å². The van der Waals surface area contributed by atoms with Crippen molar-refractivity contribution in [3.63, 3.8) is 0 Å². The predicted octanol–water partition coefficient (Wildman–Crippen LogP) is 4.15. The highest BCUT2D eigenvalue weighted by Gasteiger charge is 2.30. The Morgan fingerprint density at radius 3 is 2.17 bits per heavy atom. The standard InChI is InChI=1S/C21H29NO2/c1-16(17-10-12-19(24-4)13-11-17)14-22-20(21(2,3)15-23)18-8-6-5-7-9-18/h5-13,16,20,22-23H,14-15H2,1-4H3/t16-,20-/m0/s1. The summed E-state index contributed by atoms with van der Waals surface area (Å²) in [5.41, 5.74) is 2.25. The molecule has 2 N–H and O–H groups in total. The number of hydrogen-bond donors (Lipinski definition) is 2. The Balaban J connectivity index is 2.09. The molecule has 0 bridgehead atoms. The van der Waals surface area contributed by atoms with Gasteiger partial charge in [-0.15, -0.1) is 0 Å². The summed E-state index contributed by atoms with van der Waals surface area (Å²) < 4.78 is 5.22. The SMILES string of the molecule is COc1ccc([C@@H](C)CN[C@@H](c2ccccc2)C(C)(C)CO)cc1. The van der Waals surface area contributed by atoms with Gasteiger partial charge in [-0.05, 0) is 29.2 Å². The number of methoxy groups -OCH3 is 1. The zero-order valence-corrected chi connectivity index (χ0v) is 15.1. The van der Waals surface area contributed by atoms with Crippen LogP contribution in [0, 0.1) is 5.41 Å². The van der Waals surface area contributed by atoms with Crippen molar-refractivity contribution < 1.29 is 9.84 Å². The lowest BCUT2D eigenvalue weighted by atomic mass is 9.81. The molecule has 0 spiro atoms. The fourth-order valence-electron chi connectivity index (χ4n) is 2.93. The third-order valence-electron chi connectivity index (χ3n) is 4.63. The molecule has 2 rings (SSSR count). The van der Waals surface area contributed by atoms with Crippen LogP contribution in [-0.2, 0) is 0 Å². The minimum absolute atomic E-state index is 0.101. The van der Waals surface area contributed by atoms with Gasteiger partial charge < -0.3 is 15.2 Å². The molecule has 3 nitrogen and oxygen atoms in total. The Hall–Kier alpha value is -1.84. The highest BCUT2D eigenvalue weighted by atomic mass is 16.5. The van der Waals surface area contributed by atoms with Crippen LogP contribution in [0.3, 0.4) is 0 Å². The average molecular weight is 327 g/mol. The molecule has 0 radical (unpaired) electrons. The molecule has 2 atom stereocenters. The summed E-state index contributed by atoms with van der Waals surface area (Å²) in [7, 11) is 1.68. The van der Waals surface area contributed by atoms with E-state index in [2.05, 4.69) is 50.4 Å². The van der Waals surface area contributed by atoms with Crippen LogP contribution in [0.2, 0.25) is 0 Å². The zero-order valence-electron chi connectivity index (χ0n) is 15.1. The Kier molecular flexibility index (Phi) is 6.41. The first-order valence-corrected chi connectivity index (χ1v) is 8.51. The Bertz CT molecular complexity index is 607. The van der Waals surface area contributed by atoms with Crippen LogP contribution in [0.15, 0.2) is 54.6 Å². The maximum Gasteiger partial charge on any atom is 0.118 e. The van der Waals surface area contributed by atoms with Crippen LogP contribution in [-0.4, -0.2) is 25.4 Å². The largest absolute Gasteiger partial charge is 0.497 e. The minimum Gasteiger partial charge on any atom is -0.497 e. The van der Waals surface area contributed by atoms with Gasteiger partial charge >= 0.3 is 0 Å². The quantitative estimate of drug-likeness (QED) is 0.765. The number of hydrogen-bond acceptors (Lipinski definition) is 3. The highest BCUT2D eigenvalue weighted by Crippen LogP contribution is 2.33. The van der Waals surface area contributed by atoms with Crippen molar-refractivity contribution >= 4 is 0 Å². The number of nitrogens with one attached hydrogen (secondary N) is 1. The van der Waals surface area contributed by atoms with Crippen molar-refractivity contribution in [1.29, 1.82) is 0 Å².